The Bertz CT molecular complexity index is 809. The molecule has 0 unspecified atom stereocenters. The van der Waals surface area contributed by atoms with Crippen molar-refractivity contribution in [3.63, 3.8) is 0 Å². The van der Waals surface area contributed by atoms with Crippen LogP contribution >= 0.6 is 0 Å². The Morgan fingerprint density at radius 1 is 1.00 bits per heavy atom. The second-order valence-corrected chi connectivity index (χ2v) is 7.18. The van der Waals surface area contributed by atoms with Gasteiger partial charge in [0.15, 0.2) is 0 Å². The highest BCUT2D eigenvalue weighted by Crippen LogP contribution is 2.35. The molecular weight excluding hydrogens is 326 g/mol. The minimum atomic E-state index is 0.514. The van der Waals surface area contributed by atoms with Crippen molar-refractivity contribution >= 4 is 11.4 Å². The molecule has 0 radical (unpaired) electrons. The van der Waals surface area contributed by atoms with Crippen molar-refractivity contribution in [1.29, 1.82) is 0 Å². The molecule has 0 spiro atoms. The van der Waals surface area contributed by atoms with E-state index in [-0.39, 0.29) is 0 Å². The molecule has 27 heavy (non-hydrogen) atoms. The average molecular weight is 364 g/mol. The molecule has 0 aliphatic rings. The van der Waals surface area contributed by atoms with Crippen molar-refractivity contribution in [2.24, 2.45) is 0 Å². The van der Waals surface area contributed by atoms with Crippen LogP contribution in [0.3, 0.4) is 0 Å². The van der Waals surface area contributed by atoms with E-state index in [4.69, 9.17) is 0 Å². The van der Waals surface area contributed by atoms with Crippen LogP contribution in [0, 0.1) is 20.8 Å². The van der Waals surface area contributed by atoms with Gasteiger partial charge in [0.05, 0.1) is 0 Å². The molecule has 0 amide bonds. The van der Waals surface area contributed by atoms with Crippen LogP contribution in [0.25, 0.3) is 5.70 Å². The average Bonchev–Trinajstić information content (AvgIpc) is 2.66. The van der Waals surface area contributed by atoms with Crippen LogP contribution in [0.1, 0.15) is 75.3 Å². The van der Waals surface area contributed by atoms with Gasteiger partial charge in [0.25, 0.3) is 0 Å². The molecule has 0 fully saturated rings. The first-order valence-electron chi connectivity index (χ1n) is 10.1. The highest BCUT2D eigenvalue weighted by atomic mass is 15.2. The molecule has 0 saturated heterocycles. The van der Waals surface area contributed by atoms with Crippen LogP contribution in [-0.4, -0.2) is 0 Å². The fourth-order valence-electron chi connectivity index (χ4n) is 3.21. The molecule has 0 aliphatic carbocycles. The summed E-state index contributed by atoms with van der Waals surface area (Å²) >= 11 is 0. The van der Waals surface area contributed by atoms with E-state index in [0.29, 0.717) is 5.92 Å². The van der Waals surface area contributed by atoms with Gasteiger partial charge in [0, 0.05) is 17.1 Å². The lowest BCUT2D eigenvalue weighted by molar-refractivity contribution is 0.866. The molecule has 0 atom stereocenters. The summed E-state index contributed by atoms with van der Waals surface area (Å²) in [5, 5.41) is 0. The number of aryl methyl sites for hydroxylation is 1. The fraction of sp³-hybridized carbons (Fsp3) is 0.385. The number of hydrogen-bond acceptors (Lipinski definition) is 1. The Labute approximate surface area is 167 Å². The number of hydrogen-bond donors (Lipinski definition) is 0. The van der Waals surface area contributed by atoms with Gasteiger partial charge in [-0.2, -0.15) is 0 Å². The lowest BCUT2D eigenvalue weighted by Crippen LogP contribution is -2.20. The van der Waals surface area contributed by atoms with Gasteiger partial charge in [0.2, 0.25) is 0 Å². The zero-order valence-corrected chi connectivity index (χ0v) is 18.8. The number of nitrogens with zero attached hydrogens (tertiary/aromatic N) is 1. The summed E-state index contributed by atoms with van der Waals surface area (Å²) in [6.07, 6.45) is 2.18. The molecule has 2 aromatic rings. The quantitative estimate of drug-likeness (QED) is 0.518. The lowest BCUT2D eigenvalue weighted by atomic mass is 9.97. The van der Waals surface area contributed by atoms with Gasteiger partial charge < -0.3 is 4.90 Å². The van der Waals surface area contributed by atoms with Gasteiger partial charge in [-0.05, 0) is 80.5 Å². The predicted octanol–water partition coefficient (Wildman–Crippen LogP) is 8.16. The van der Waals surface area contributed by atoms with Crippen LogP contribution < -0.4 is 4.90 Å². The van der Waals surface area contributed by atoms with Crippen molar-refractivity contribution in [2.75, 3.05) is 4.90 Å². The number of allylic oxidation sites excluding steroid dienone is 2. The molecule has 1 heteroatoms. The Hall–Kier alpha value is -2.28. The highest BCUT2D eigenvalue weighted by molar-refractivity contribution is 5.84. The fourth-order valence-corrected chi connectivity index (χ4v) is 3.21. The van der Waals surface area contributed by atoms with E-state index in [1.165, 1.54) is 39.2 Å². The molecule has 2 rings (SSSR count). The van der Waals surface area contributed by atoms with Gasteiger partial charge in [0.1, 0.15) is 0 Å². The molecule has 0 bridgehead atoms. The van der Waals surface area contributed by atoms with Crippen LogP contribution in [-0.2, 0) is 0 Å². The zero-order valence-electron chi connectivity index (χ0n) is 18.8. The summed E-state index contributed by atoms with van der Waals surface area (Å²) in [7, 11) is 0. The molecule has 0 saturated carbocycles. The summed E-state index contributed by atoms with van der Waals surface area (Å²) < 4.78 is 0. The van der Waals surface area contributed by atoms with E-state index < -0.39 is 0 Å². The van der Waals surface area contributed by atoms with Gasteiger partial charge in [-0.3, -0.25) is 0 Å². The second-order valence-electron chi connectivity index (χ2n) is 7.18. The molecule has 0 heterocycles. The first-order chi connectivity index (χ1) is 12.8. The van der Waals surface area contributed by atoms with Crippen molar-refractivity contribution < 1.29 is 0 Å². The van der Waals surface area contributed by atoms with Crippen molar-refractivity contribution in [2.45, 2.75) is 68.2 Å². The highest BCUT2D eigenvalue weighted by Gasteiger charge is 2.18. The number of anilines is 1. The Morgan fingerprint density at radius 3 is 2.15 bits per heavy atom. The van der Waals surface area contributed by atoms with Crippen molar-refractivity contribution in [1.82, 2.24) is 0 Å². The Morgan fingerprint density at radius 2 is 1.63 bits per heavy atom. The SMILES string of the molecule is C=C(C)N(/C(=C\C)c1cccc(C(C)C)c1)c1ccc(C)c(C)c1C.CC. The number of rotatable bonds is 5. The van der Waals surface area contributed by atoms with E-state index >= 15 is 0 Å². The van der Waals surface area contributed by atoms with Crippen LogP contribution in [0.5, 0.6) is 0 Å². The maximum atomic E-state index is 4.26. The molecule has 0 aromatic heterocycles. The monoisotopic (exact) mass is 363 g/mol. The minimum absolute atomic E-state index is 0.514. The summed E-state index contributed by atoms with van der Waals surface area (Å²) in [5.74, 6) is 0.514. The normalized spacial score (nSPS) is 11.1. The topological polar surface area (TPSA) is 3.24 Å². The third kappa shape index (κ3) is 5.13. The molecule has 146 valence electrons. The minimum Gasteiger partial charge on any atom is -0.315 e. The van der Waals surface area contributed by atoms with Crippen LogP contribution in [0.2, 0.25) is 0 Å². The summed E-state index contributed by atoms with van der Waals surface area (Å²) in [4.78, 5) is 2.28. The van der Waals surface area contributed by atoms with E-state index in [1.54, 1.807) is 0 Å². The van der Waals surface area contributed by atoms with E-state index in [1.807, 2.05) is 13.8 Å². The zero-order chi connectivity index (χ0) is 20.7. The third-order valence-electron chi connectivity index (χ3n) is 5.02. The Kier molecular flexibility index (Phi) is 8.56. The lowest BCUT2D eigenvalue weighted by Gasteiger charge is -2.30. The van der Waals surface area contributed by atoms with Gasteiger partial charge >= 0.3 is 0 Å². The van der Waals surface area contributed by atoms with Crippen LogP contribution in [0.4, 0.5) is 5.69 Å². The molecule has 2 aromatic carbocycles. The second kappa shape index (κ2) is 10.2. The van der Waals surface area contributed by atoms with Gasteiger partial charge in [-0.25, -0.2) is 0 Å². The molecular formula is C26H37N. The van der Waals surface area contributed by atoms with E-state index in [9.17, 15) is 0 Å². The maximum absolute atomic E-state index is 4.26. The predicted molar refractivity (Wildman–Crippen MR) is 123 cm³/mol. The first-order valence-corrected chi connectivity index (χ1v) is 10.1. The third-order valence-corrected chi connectivity index (χ3v) is 5.02. The maximum Gasteiger partial charge on any atom is 0.0490 e. The van der Waals surface area contributed by atoms with Gasteiger partial charge in [-0.1, -0.05) is 64.6 Å². The molecule has 1 nitrogen and oxygen atoms in total. The van der Waals surface area contributed by atoms with Crippen molar-refractivity contribution in [3.8, 4) is 0 Å². The number of benzene rings is 2. The Balaban J connectivity index is 0.00000176. The van der Waals surface area contributed by atoms with E-state index in [2.05, 4.69) is 102 Å². The summed E-state index contributed by atoms with van der Waals surface area (Å²) in [6, 6.07) is 13.2. The first kappa shape index (κ1) is 22.8. The van der Waals surface area contributed by atoms with Crippen LogP contribution in [0.15, 0.2) is 54.8 Å². The van der Waals surface area contributed by atoms with Gasteiger partial charge in [-0.15, -0.1) is 0 Å². The smallest absolute Gasteiger partial charge is 0.0490 e. The summed E-state index contributed by atoms with van der Waals surface area (Å²) in [6.45, 7) is 23.5. The standard InChI is InChI=1S/C24H31N.C2H6/c1-9-23(22-12-10-11-21(15-22)16(2)3)25(17(4)5)24-14-13-18(6)19(7)20(24)8;1-2/h9-16H,4H2,1-3,5-8H3;1-2H3/b23-9-;. The summed E-state index contributed by atoms with van der Waals surface area (Å²) in [5.41, 5.74) is 9.98. The largest absolute Gasteiger partial charge is 0.315 e. The van der Waals surface area contributed by atoms with E-state index in [0.717, 1.165) is 5.70 Å². The van der Waals surface area contributed by atoms with Crippen molar-refractivity contribution in [3.05, 3.63) is 82.6 Å². The molecule has 0 aliphatic heterocycles. The molecule has 0 N–H and O–H groups in total.